The molecule has 0 fully saturated rings. The molecule has 0 rings (SSSR count). The molecule has 0 saturated carbocycles. The lowest BCUT2D eigenvalue weighted by molar-refractivity contribution is -0.133. The normalized spacial score (nSPS) is 12.6. The molecular weight excluding hydrogens is 210 g/mol. The molecule has 88 valence electrons. The maximum absolute atomic E-state index is 11.7. The number of carbonyl (C=O) groups excluding carboxylic acids is 1. The number of nitrogens with zero attached hydrogens (tertiary/aromatic N) is 2. The molecule has 0 bridgehead atoms. The highest BCUT2D eigenvalue weighted by Gasteiger charge is 2.22. The van der Waals surface area contributed by atoms with Crippen LogP contribution in [-0.2, 0) is 4.79 Å². The van der Waals surface area contributed by atoms with Gasteiger partial charge in [-0.2, -0.15) is 0 Å². The average molecular weight is 231 g/mol. The Bertz CT molecular complexity index is 231. The molecule has 0 aromatic carbocycles. The zero-order valence-corrected chi connectivity index (χ0v) is 10.8. The summed E-state index contributed by atoms with van der Waals surface area (Å²) in [4.78, 5) is 15.8. The Labute approximate surface area is 97.4 Å². The number of nitrogens with two attached hydrogens (primary N) is 1. The fourth-order valence-corrected chi connectivity index (χ4v) is 1.59. The van der Waals surface area contributed by atoms with Gasteiger partial charge in [0.25, 0.3) is 0 Å². The van der Waals surface area contributed by atoms with Crippen LogP contribution in [0, 0.1) is 0 Å². The van der Waals surface area contributed by atoms with Crippen molar-refractivity contribution in [2.75, 3.05) is 27.2 Å². The third kappa shape index (κ3) is 5.09. The van der Waals surface area contributed by atoms with Crippen LogP contribution in [0.1, 0.15) is 20.3 Å². The summed E-state index contributed by atoms with van der Waals surface area (Å²) in [6.45, 7) is 5.29. The summed E-state index contributed by atoms with van der Waals surface area (Å²) in [6, 6.07) is -0.165. The SMILES string of the molecule is CCCN(CC(N)=S)C(C)C(=O)N(C)C. The van der Waals surface area contributed by atoms with Crippen LogP contribution in [0.25, 0.3) is 0 Å². The monoisotopic (exact) mass is 231 g/mol. The van der Waals surface area contributed by atoms with Crippen LogP contribution in [0.4, 0.5) is 0 Å². The van der Waals surface area contributed by atoms with Crippen molar-refractivity contribution in [3.63, 3.8) is 0 Å². The number of likely N-dealkylation sites (N-methyl/N-ethyl adjacent to an activating group) is 1. The fourth-order valence-electron chi connectivity index (χ4n) is 1.43. The zero-order valence-electron chi connectivity index (χ0n) is 9.99. The van der Waals surface area contributed by atoms with Gasteiger partial charge in [0.2, 0.25) is 5.91 Å². The van der Waals surface area contributed by atoms with E-state index in [1.807, 2.05) is 11.8 Å². The predicted molar refractivity (Wildman–Crippen MR) is 66.8 cm³/mol. The molecular formula is C10H21N3OS. The predicted octanol–water partition coefficient (Wildman–Crippen LogP) is 0.461. The van der Waals surface area contributed by atoms with E-state index in [0.717, 1.165) is 13.0 Å². The molecule has 0 aliphatic carbocycles. The van der Waals surface area contributed by atoms with Gasteiger partial charge in [-0.1, -0.05) is 19.1 Å². The molecule has 2 N–H and O–H groups in total. The molecule has 1 atom stereocenters. The summed E-state index contributed by atoms with van der Waals surface area (Å²) < 4.78 is 0. The second-order valence-corrected chi connectivity index (χ2v) is 4.37. The third-order valence-corrected chi connectivity index (χ3v) is 2.34. The van der Waals surface area contributed by atoms with E-state index in [2.05, 4.69) is 6.92 Å². The minimum atomic E-state index is -0.165. The summed E-state index contributed by atoms with van der Waals surface area (Å²) in [5.74, 6) is 0.0831. The van der Waals surface area contributed by atoms with Crippen molar-refractivity contribution >= 4 is 23.1 Å². The summed E-state index contributed by atoms with van der Waals surface area (Å²) in [6.07, 6.45) is 0.980. The van der Waals surface area contributed by atoms with Gasteiger partial charge in [-0.25, -0.2) is 0 Å². The molecule has 0 saturated heterocycles. The van der Waals surface area contributed by atoms with Crippen LogP contribution in [0.5, 0.6) is 0 Å². The molecule has 0 heterocycles. The van der Waals surface area contributed by atoms with E-state index >= 15 is 0 Å². The molecule has 4 nitrogen and oxygen atoms in total. The molecule has 0 radical (unpaired) electrons. The number of amides is 1. The Morgan fingerprint density at radius 3 is 2.33 bits per heavy atom. The molecule has 0 aliphatic rings. The number of hydrogen-bond acceptors (Lipinski definition) is 3. The summed E-state index contributed by atoms with van der Waals surface area (Å²) >= 11 is 4.87. The Morgan fingerprint density at radius 2 is 2.00 bits per heavy atom. The van der Waals surface area contributed by atoms with Gasteiger partial charge < -0.3 is 10.6 Å². The van der Waals surface area contributed by atoms with E-state index in [-0.39, 0.29) is 11.9 Å². The third-order valence-electron chi connectivity index (χ3n) is 2.22. The van der Waals surface area contributed by atoms with E-state index in [9.17, 15) is 4.79 Å². The zero-order chi connectivity index (χ0) is 12.0. The summed E-state index contributed by atoms with van der Waals surface area (Å²) in [5, 5.41) is 0. The topological polar surface area (TPSA) is 49.6 Å². The number of hydrogen-bond donors (Lipinski definition) is 1. The number of rotatable bonds is 6. The Hall–Kier alpha value is -0.680. The maximum Gasteiger partial charge on any atom is 0.239 e. The second kappa shape index (κ2) is 6.74. The molecule has 0 spiro atoms. The highest BCUT2D eigenvalue weighted by molar-refractivity contribution is 7.80. The van der Waals surface area contributed by atoms with Gasteiger partial charge in [-0.05, 0) is 19.9 Å². The van der Waals surface area contributed by atoms with Gasteiger partial charge in [-0.15, -0.1) is 0 Å². The van der Waals surface area contributed by atoms with Crippen molar-refractivity contribution in [2.24, 2.45) is 5.73 Å². The standard InChI is InChI=1S/C10H21N3OS/c1-5-6-13(7-9(11)15)8(2)10(14)12(3)4/h8H,5-7H2,1-4H3,(H2,11,15). The van der Waals surface area contributed by atoms with E-state index in [1.165, 1.54) is 0 Å². The van der Waals surface area contributed by atoms with Crippen molar-refractivity contribution in [1.29, 1.82) is 0 Å². The van der Waals surface area contributed by atoms with Crippen molar-refractivity contribution in [3.05, 3.63) is 0 Å². The van der Waals surface area contributed by atoms with E-state index in [4.69, 9.17) is 18.0 Å². The molecule has 0 aromatic rings. The van der Waals surface area contributed by atoms with Crippen LogP contribution in [0.2, 0.25) is 0 Å². The molecule has 15 heavy (non-hydrogen) atoms. The van der Waals surface area contributed by atoms with Crippen molar-refractivity contribution in [3.8, 4) is 0 Å². The minimum Gasteiger partial charge on any atom is -0.392 e. The van der Waals surface area contributed by atoms with Gasteiger partial charge in [0, 0.05) is 20.6 Å². The van der Waals surface area contributed by atoms with Gasteiger partial charge in [0.1, 0.15) is 0 Å². The van der Waals surface area contributed by atoms with Crippen LogP contribution >= 0.6 is 12.2 Å². The van der Waals surface area contributed by atoms with Crippen LogP contribution in [-0.4, -0.2) is 53.9 Å². The van der Waals surface area contributed by atoms with Crippen molar-refractivity contribution in [2.45, 2.75) is 26.3 Å². The molecule has 0 aliphatic heterocycles. The second-order valence-electron chi connectivity index (χ2n) is 3.85. The lowest BCUT2D eigenvalue weighted by Gasteiger charge is -2.29. The van der Waals surface area contributed by atoms with Gasteiger partial charge >= 0.3 is 0 Å². The van der Waals surface area contributed by atoms with Crippen molar-refractivity contribution < 1.29 is 4.79 Å². The Balaban J connectivity index is 4.46. The van der Waals surface area contributed by atoms with E-state index in [1.54, 1.807) is 19.0 Å². The van der Waals surface area contributed by atoms with E-state index < -0.39 is 0 Å². The van der Waals surface area contributed by atoms with Gasteiger partial charge in [0.15, 0.2) is 0 Å². The van der Waals surface area contributed by atoms with Crippen LogP contribution < -0.4 is 5.73 Å². The summed E-state index contributed by atoms with van der Waals surface area (Å²) in [7, 11) is 3.51. The van der Waals surface area contributed by atoms with E-state index in [0.29, 0.717) is 11.5 Å². The lowest BCUT2D eigenvalue weighted by Crippen LogP contribution is -2.47. The summed E-state index contributed by atoms with van der Waals surface area (Å²) in [5.41, 5.74) is 5.50. The largest absolute Gasteiger partial charge is 0.392 e. The molecule has 5 heteroatoms. The van der Waals surface area contributed by atoms with Gasteiger partial charge in [0.05, 0.1) is 11.0 Å². The van der Waals surface area contributed by atoms with Crippen molar-refractivity contribution in [1.82, 2.24) is 9.80 Å². The fraction of sp³-hybridized carbons (Fsp3) is 0.800. The minimum absolute atomic E-state index is 0.0831. The smallest absolute Gasteiger partial charge is 0.239 e. The first-order valence-corrected chi connectivity index (χ1v) is 5.54. The molecule has 0 aromatic heterocycles. The first-order valence-electron chi connectivity index (χ1n) is 5.13. The van der Waals surface area contributed by atoms with Crippen LogP contribution in [0.3, 0.4) is 0 Å². The molecule has 1 unspecified atom stereocenters. The average Bonchev–Trinajstić information content (AvgIpc) is 2.14. The first kappa shape index (κ1) is 14.3. The quantitative estimate of drug-likeness (QED) is 0.675. The molecule has 1 amide bonds. The highest BCUT2D eigenvalue weighted by Crippen LogP contribution is 2.03. The first-order chi connectivity index (χ1) is 6.90. The number of thiocarbonyl (C=S) groups is 1. The van der Waals surface area contributed by atoms with Gasteiger partial charge in [-0.3, -0.25) is 9.69 Å². The Morgan fingerprint density at radius 1 is 1.47 bits per heavy atom. The number of carbonyl (C=O) groups is 1. The lowest BCUT2D eigenvalue weighted by atomic mass is 10.2. The Kier molecular flexibility index (Phi) is 6.43. The maximum atomic E-state index is 11.7. The highest BCUT2D eigenvalue weighted by atomic mass is 32.1. The van der Waals surface area contributed by atoms with Crippen LogP contribution in [0.15, 0.2) is 0 Å².